The molecule has 4 aromatic rings. The highest BCUT2D eigenvalue weighted by Gasteiger charge is 2.26. The Morgan fingerprint density at radius 1 is 1.00 bits per heavy atom. The molecule has 6 rings (SSSR count). The van der Waals surface area contributed by atoms with Crippen LogP contribution in [0.5, 0.6) is 5.75 Å². The molecule has 2 aliphatic heterocycles. The van der Waals surface area contributed by atoms with E-state index in [2.05, 4.69) is 35.1 Å². The van der Waals surface area contributed by atoms with Crippen molar-refractivity contribution in [3.8, 4) is 11.7 Å². The Labute approximate surface area is 226 Å². The maximum atomic E-state index is 14.2. The van der Waals surface area contributed by atoms with Gasteiger partial charge in [0.2, 0.25) is 17.8 Å². The number of nitrogens with one attached hydrogen (secondary N) is 1. The number of ether oxygens (including phenoxy) is 3. The lowest BCUT2D eigenvalue weighted by Gasteiger charge is -2.27. The van der Waals surface area contributed by atoms with Crippen LogP contribution in [-0.2, 0) is 16.0 Å². The fourth-order valence-corrected chi connectivity index (χ4v) is 5.38. The Bertz CT molecular complexity index is 1440. The Balaban J connectivity index is 1.38. The molecular weight excluding hydrogens is 532 g/mol. The lowest BCUT2D eigenvalue weighted by atomic mass is 10.3. The number of halogens is 2. The topological polar surface area (TPSA) is 116 Å². The molecule has 3 aromatic heterocycles. The van der Waals surface area contributed by atoms with Crippen LogP contribution in [0.1, 0.15) is 17.3 Å². The number of para-hydroxylation sites is 1. The number of benzene rings is 1. The normalized spacial score (nSPS) is 16.8. The number of thiazole rings is 1. The SMILES string of the molecule is COc1cccc2c1nc(C(F)F)n2-c1nc(Nc2cnc(CN3CCOCC3)s2)nc(N2CCOCC2)n1. The first-order valence-electron chi connectivity index (χ1n) is 12.5. The van der Waals surface area contributed by atoms with E-state index >= 15 is 0 Å². The molecule has 0 amide bonds. The molecular formula is C24H27F2N9O3S. The zero-order valence-electron chi connectivity index (χ0n) is 21.2. The fraction of sp³-hybridized carbons (Fsp3) is 0.458. The van der Waals surface area contributed by atoms with Crippen molar-refractivity contribution in [2.75, 3.05) is 69.9 Å². The van der Waals surface area contributed by atoms with E-state index < -0.39 is 12.2 Å². The van der Waals surface area contributed by atoms with Gasteiger partial charge in [0.25, 0.3) is 6.43 Å². The van der Waals surface area contributed by atoms with E-state index in [0.29, 0.717) is 62.2 Å². The number of anilines is 3. The first kappa shape index (κ1) is 25.7. The highest BCUT2D eigenvalue weighted by molar-refractivity contribution is 7.15. The van der Waals surface area contributed by atoms with Crippen molar-refractivity contribution in [1.29, 1.82) is 0 Å². The molecule has 0 aliphatic carbocycles. The van der Waals surface area contributed by atoms with Gasteiger partial charge in [-0.05, 0) is 12.1 Å². The molecule has 1 aromatic carbocycles. The maximum Gasteiger partial charge on any atom is 0.296 e. The molecule has 1 N–H and O–H groups in total. The minimum absolute atomic E-state index is 0.0260. The van der Waals surface area contributed by atoms with Crippen LogP contribution in [-0.4, -0.2) is 94.1 Å². The van der Waals surface area contributed by atoms with Crippen LogP contribution >= 0.6 is 11.3 Å². The number of rotatable bonds is 8. The molecule has 5 heterocycles. The molecule has 2 saturated heterocycles. The van der Waals surface area contributed by atoms with Crippen molar-refractivity contribution >= 4 is 39.3 Å². The lowest BCUT2D eigenvalue weighted by molar-refractivity contribution is 0.0341. The smallest absolute Gasteiger partial charge is 0.296 e. The number of hydrogen-bond donors (Lipinski definition) is 1. The predicted molar refractivity (Wildman–Crippen MR) is 140 cm³/mol. The summed E-state index contributed by atoms with van der Waals surface area (Å²) in [6.07, 6.45) is -1.15. The summed E-state index contributed by atoms with van der Waals surface area (Å²) in [4.78, 5) is 26.7. The van der Waals surface area contributed by atoms with Gasteiger partial charge in [-0.25, -0.2) is 18.7 Å². The molecule has 39 heavy (non-hydrogen) atoms. The average molecular weight is 560 g/mol. The quantitative estimate of drug-likeness (QED) is 0.343. The third kappa shape index (κ3) is 5.48. The number of aromatic nitrogens is 6. The largest absolute Gasteiger partial charge is 0.494 e. The van der Waals surface area contributed by atoms with Crippen LogP contribution in [0.2, 0.25) is 0 Å². The Morgan fingerprint density at radius 3 is 2.49 bits per heavy atom. The molecule has 0 radical (unpaired) electrons. The van der Waals surface area contributed by atoms with E-state index in [1.54, 1.807) is 24.4 Å². The van der Waals surface area contributed by atoms with Gasteiger partial charge in [-0.2, -0.15) is 15.0 Å². The number of alkyl halides is 2. The number of nitrogens with zero attached hydrogens (tertiary/aromatic N) is 8. The Hall–Kier alpha value is -3.53. The zero-order chi connectivity index (χ0) is 26.8. The number of imidazole rings is 1. The van der Waals surface area contributed by atoms with Crippen LogP contribution in [0.3, 0.4) is 0 Å². The standard InChI is InChI=1S/C24H27F2N9O3S/c1-36-16-4-2-3-15-19(16)29-21(20(25)26)35(15)24-31-22(30-23(32-24)34-7-11-38-12-8-34)28-17-13-27-18(39-17)14-33-5-9-37-10-6-33/h2-4,13,20H,5-12,14H2,1H3,(H,28,30,31,32). The van der Waals surface area contributed by atoms with Crippen LogP contribution < -0.4 is 15.0 Å². The summed E-state index contributed by atoms with van der Waals surface area (Å²) in [5.41, 5.74) is 0.702. The van der Waals surface area contributed by atoms with E-state index in [0.717, 1.165) is 29.6 Å². The van der Waals surface area contributed by atoms with Gasteiger partial charge in [0.15, 0.2) is 5.82 Å². The van der Waals surface area contributed by atoms with Crippen LogP contribution in [0.15, 0.2) is 24.4 Å². The Kier molecular flexibility index (Phi) is 7.45. The molecule has 15 heteroatoms. The fourth-order valence-electron chi connectivity index (χ4n) is 4.53. The van der Waals surface area contributed by atoms with Crippen molar-refractivity contribution in [3.63, 3.8) is 0 Å². The van der Waals surface area contributed by atoms with E-state index in [4.69, 9.17) is 14.2 Å². The molecule has 0 saturated carbocycles. The highest BCUT2D eigenvalue weighted by atomic mass is 32.1. The zero-order valence-corrected chi connectivity index (χ0v) is 22.0. The number of methoxy groups -OCH3 is 1. The number of morpholine rings is 2. The molecule has 2 fully saturated rings. The third-order valence-electron chi connectivity index (χ3n) is 6.45. The van der Waals surface area contributed by atoms with E-state index in [1.165, 1.54) is 23.0 Å². The maximum absolute atomic E-state index is 14.2. The summed E-state index contributed by atoms with van der Waals surface area (Å²) in [5, 5.41) is 4.88. The Morgan fingerprint density at radius 2 is 1.74 bits per heavy atom. The van der Waals surface area contributed by atoms with Crippen molar-refractivity contribution in [2.24, 2.45) is 0 Å². The van der Waals surface area contributed by atoms with Crippen molar-refractivity contribution in [2.45, 2.75) is 13.0 Å². The second-order valence-electron chi connectivity index (χ2n) is 8.92. The molecule has 0 bridgehead atoms. The molecule has 206 valence electrons. The van der Waals surface area contributed by atoms with Gasteiger partial charge in [-0.1, -0.05) is 17.4 Å². The van der Waals surface area contributed by atoms with Crippen LogP contribution in [0.4, 0.5) is 25.7 Å². The minimum atomic E-state index is -2.87. The summed E-state index contributed by atoms with van der Waals surface area (Å²) in [5.74, 6) is 0.497. The monoisotopic (exact) mass is 559 g/mol. The molecule has 0 atom stereocenters. The summed E-state index contributed by atoms with van der Waals surface area (Å²) in [6, 6.07) is 5.07. The molecule has 2 aliphatic rings. The van der Waals surface area contributed by atoms with Gasteiger partial charge in [-0.15, -0.1) is 0 Å². The second kappa shape index (κ2) is 11.3. The van der Waals surface area contributed by atoms with Crippen molar-refractivity contribution < 1.29 is 23.0 Å². The highest BCUT2D eigenvalue weighted by Crippen LogP contribution is 2.32. The first-order chi connectivity index (χ1) is 19.1. The number of hydrogen-bond acceptors (Lipinski definition) is 12. The van der Waals surface area contributed by atoms with Crippen LogP contribution in [0.25, 0.3) is 17.0 Å². The summed E-state index contributed by atoms with van der Waals surface area (Å²) in [6.45, 7) is 6.01. The molecule has 0 unspecified atom stereocenters. The minimum Gasteiger partial charge on any atom is -0.494 e. The van der Waals surface area contributed by atoms with E-state index in [1.807, 2.05) is 4.90 Å². The van der Waals surface area contributed by atoms with Crippen molar-refractivity contribution in [1.82, 2.24) is 34.4 Å². The van der Waals surface area contributed by atoms with E-state index in [9.17, 15) is 8.78 Å². The van der Waals surface area contributed by atoms with Gasteiger partial charge < -0.3 is 24.4 Å². The van der Waals surface area contributed by atoms with Crippen LogP contribution in [0, 0.1) is 0 Å². The summed E-state index contributed by atoms with van der Waals surface area (Å²) < 4.78 is 46.0. The molecule has 12 nitrogen and oxygen atoms in total. The van der Waals surface area contributed by atoms with Gasteiger partial charge in [0.1, 0.15) is 21.3 Å². The van der Waals surface area contributed by atoms with Gasteiger partial charge in [0, 0.05) is 26.2 Å². The molecule has 0 spiro atoms. The number of fused-ring (bicyclic) bond motifs is 1. The third-order valence-corrected chi connectivity index (χ3v) is 7.34. The first-order valence-corrected chi connectivity index (χ1v) is 13.3. The van der Waals surface area contributed by atoms with E-state index in [-0.39, 0.29) is 11.9 Å². The summed E-state index contributed by atoms with van der Waals surface area (Å²) >= 11 is 1.49. The summed E-state index contributed by atoms with van der Waals surface area (Å²) in [7, 11) is 1.47. The predicted octanol–water partition coefficient (Wildman–Crippen LogP) is 3.03. The van der Waals surface area contributed by atoms with Gasteiger partial charge in [-0.3, -0.25) is 9.47 Å². The average Bonchev–Trinajstić information content (AvgIpc) is 3.58. The van der Waals surface area contributed by atoms with Crippen molar-refractivity contribution in [3.05, 3.63) is 35.2 Å². The van der Waals surface area contributed by atoms with Gasteiger partial charge in [0.05, 0.1) is 51.8 Å². The van der Waals surface area contributed by atoms with Gasteiger partial charge >= 0.3 is 0 Å². The lowest BCUT2D eigenvalue weighted by Crippen LogP contribution is -2.37. The second-order valence-corrected chi connectivity index (χ2v) is 10.0.